The molecule has 4 aliphatic carbocycles. The number of hydrogen-bond donors (Lipinski definition) is 0. The Labute approximate surface area is 109 Å². The predicted molar refractivity (Wildman–Crippen MR) is 69.2 cm³/mol. The van der Waals surface area contributed by atoms with Crippen molar-refractivity contribution in [2.45, 2.75) is 51.9 Å². The van der Waals surface area contributed by atoms with Crippen molar-refractivity contribution >= 4 is 5.78 Å². The molecule has 1 heterocycles. The summed E-state index contributed by atoms with van der Waals surface area (Å²) in [4.78, 5) is 13.0. The molecule has 1 aliphatic heterocycles. The van der Waals surface area contributed by atoms with Gasteiger partial charge in [0.2, 0.25) is 0 Å². The average Bonchev–Trinajstić information content (AvgIpc) is 2.77. The first-order chi connectivity index (χ1) is 8.59. The van der Waals surface area contributed by atoms with Gasteiger partial charge in [0.05, 0.1) is 6.61 Å². The van der Waals surface area contributed by atoms with Gasteiger partial charge in [0.1, 0.15) is 5.78 Å². The van der Waals surface area contributed by atoms with Crippen LogP contribution in [0, 0.1) is 28.6 Å². The first-order valence-electron chi connectivity index (χ1n) is 7.71. The highest BCUT2D eigenvalue weighted by Crippen LogP contribution is 2.65. The summed E-state index contributed by atoms with van der Waals surface area (Å²) in [5.74, 6) is 2.51. The van der Waals surface area contributed by atoms with Crippen LogP contribution in [0.1, 0.15) is 51.9 Å². The predicted octanol–water partition coefficient (Wildman–Crippen LogP) is 3.20. The molecule has 4 saturated carbocycles. The number of Topliss-reactive ketones (excluding diaryl/α,β-unsaturated/α-hetero) is 1. The number of carbonyl (C=O) groups excluding carboxylic acids is 1. The van der Waals surface area contributed by atoms with E-state index in [1.807, 2.05) is 0 Å². The Morgan fingerprint density at radius 2 is 1.89 bits per heavy atom. The van der Waals surface area contributed by atoms with E-state index in [2.05, 4.69) is 6.92 Å². The molecule has 5 fully saturated rings. The van der Waals surface area contributed by atoms with Crippen molar-refractivity contribution in [2.24, 2.45) is 28.6 Å². The van der Waals surface area contributed by atoms with Gasteiger partial charge >= 0.3 is 0 Å². The maximum Gasteiger partial charge on any atom is 0.144 e. The molecule has 2 heteroatoms. The van der Waals surface area contributed by atoms with E-state index in [1.54, 1.807) is 0 Å². The van der Waals surface area contributed by atoms with Crippen molar-refractivity contribution in [1.29, 1.82) is 0 Å². The first-order valence-corrected chi connectivity index (χ1v) is 7.71. The zero-order valence-corrected chi connectivity index (χ0v) is 11.4. The van der Waals surface area contributed by atoms with Crippen LogP contribution in [0.15, 0.2) is 0 Å². The van der Waals surface area contributed by atoms with E-state index in [0.717, 1.165) is 24.9 Å². The summed E-state index contributed by atoms with van der Waals surface area (Å²) in [7, 11) is 0. The lowest BCUT2D eigenvalue weighted by Crippen LogP contribution is -2.55. The van der Waals surface area contributed by atoms with Crippen molar-refractivity contribution < 1.29 is 9.53 Å². The summed E-state index contributed by atoms with van der Waals surface area (Å²) < 4.78 is 5.45. The lowest BCUT2D eigenvalue weighted by atomic mass is 9.43. The van der Waals surface area contributed by atoms with E-state index in [0.29, 0.717) is 17.8 Å². The molecule has 5 aliphatic rings. The molecule has 18 heavy (non-hydrogen) atoms. The van der Waals surface area contributed by atoms with Crippen LogP contribution in [0.4, 0.5) is 0 Å². The standard InChI is InChI=1S/C16H24O2/c1-15-5-11-4-12(6-15)8-16(7-11,10-15)14(17)13-2-3-18-9-13/h11-13H,2-10H2,1H3. The molecular formula is C16H24O2. The largest absolute Gasteiger partial charge is 0.381 e. The molecule has 0 spiro atoms. The lowest BCUT2D eigenvalue weighted by Gasteiger charge is -2.61. The molecular weight excluding hydrogens is 224 g/mol. The summed E-state index contributed by atoms with van der Waals surface area (Å²) in [6, 6.07) is 0. The highest BCUT2D eigenvalue weighted by atomic mass is 16.5. The van der Waals surface area contributed by atoms with E-state index < -0.39 is 0 Å². The normalized spacial score (nSPS) is 53.9. The molecule has 3 atom stereocenters. The lowest BCUT2D eigenvalue weighted by molar-refractivity contribution is -0.157. The number of ketones is 1. The topological polar surface area (TPSA) is 26.3 Å². The van der Waals surface area contributed by atoms with Crippen molar-refractivity contribution in [2.75, 3.05) is 13.2 Å². The molecule has 0 N–H and O–H groups in total. The molecule has 0 radical (unpaired) electrons. The van der Waals surface area contributed by atoms with E-state index in [9.17, 15) is 4.79 Å². The van der Waals surface area contributed by atoms with Crippen LogP contribution in [-0.2, 0) is 9.53 Å². The molecule has 1 saturated heterocycles. The van der Waals surface area contributed by atoms with Crippen LogP contribution in [0.2, 0.25) is 0 Å². The van der Waals surface area contributed by atoms with Crippen LogP contribution < -0.4 is 0 Å². The second kappa shape index (κ2) is 3.59. The third-order valence-corrected chi connectivity index (χ3v) is 6.18. The highest BCUT2D eigenvalue weighted by molar-refractivity contribution is 5.88. The smallest absolute Gasteiger partial charge is 0.144 e. The van der Waals surface area contributed by atoms with Gasteiger partial charge in [0, 0.05) is 17.9 Å². The van der Waals surface area contributed by atoms with Crippen molar-refractivity contribution in [3.05, 3.63) is 0 Å². The average molecular weight is 248 g/mol. The Hall–Kier alpha value is -0.370. The van der Waals surface area contributed by atoms with Gasteiger partial charge in [-0.2, -0.15) is 0 Å². The molecule has 0 aromatic rings. The third-order valence-electron chi connectivity index (χ3n) is 6.18. The minimum Gasteiger partial charge on any atom is -0.381 e. The van der Waals surface area contributed by atoms with Gasteiger partial charge in [-0.05, 0) is 62.2 Å². The Balaban J connectivity index is 1.64. The summed E-state index contributed by atoms with van der Waals surface area (Å²) in [5, 5.41) is 0. The number of ether oxygens (including phenoxy) is 1. The zero-order valence-electron chi connectivity index (χ0n) is 11.4. The summed E-state index contributed by atoms with van der Waals surface area (Å²) in [6.45, 7) is 3.95. The summed E-state index contributed by atoms with van der Waals surface area (Å²) >= 11 is 0. The fourth-order valence-electron chi connectivity index (χ4n) is 6.18. The number of carbonyl (C=O) groups is 1. The van der Waals surface area contributed by atoms with Crippen LogP contribution in [0.25, 0.3) is 0 Å². The molecule has 100 valence electrons. The van der Waals surface area contributed by atoms with Gasteiger partial charge in [-0.15, -0.1) is 0 Å². The maximum atomic E-state index is 13.0. The van der Waals surface area contributed by atoms with E-state index in [-0.39, 0.29) is 11.3 Å². The second-order valence-electron chi connectivity index (χ2n) is 7.98. The van der Waals surface area contributed by atoms with Crippen molar-refractivity contribution in [3.8, 4) is 0 Å². The monoisotopic (exact) mass is 248 g/mol. The highest BCUT2D eigenvalue weighted by Gasteiger charge is 2.59. The molecule has 5 rings (SSSR count). The second-order valence-corrected chi connectivity index (χ2v) is 7.98. The Morgan fingerprint density at radius 1 is 1.17 bits per heavy atom. The molecule has 0 aromatic heterocycles. The quantitative estimate of drug-likeness (QED) is 0.750. The number of rotatable bonds is 2. The van der Waals surface area contributed by atoms with Crippen LogP contribution in [0.3, 0.4) is 0 Å². The van der Waals surface area contributed by atoms with Gasteiger partial charge in [0.25, 0.3) is 0 Å². The van der Waals surface area contributed by atoms with Crippen LogP contribution in [-0.4, -0.2) is 19.0 Å². The van der Waals surface area contributed by atoms with Crippen LogP contribution >= 0.6 is 0 Å². The van der Waals surface area contributed by atoms with E-state index in [4.69, 9.17) is 4.74 Å². The van der Waals surface area contributed by atoms with Gasteiger partial charge in [0.15, 0.2) is 0 Å². The fourth-order valence-corrected chi connectivity index (χ4v) is 6.18. The maximum absolute atomic E-state index is 13.0. The minimum absolute atomic E-state index is 0.0667. The van der Waals surface area contributed by atoms with Gasteiger partial charge in [-0.3, -0.25) is 4.79 Å². The Kier molecular flexibility index (Phi) is 2.29. The van der Waals surface area contributed by atoms with Crippen LogP contribution in [0.5, 0.6) is 0 Å². The van der Waals surface area contributed by atoms with Crippen molar-refractivity contribution in [3.63, 3.8) is 0 Å². The first kappa shape index (κ1) is 11.5. The molecule has 3 unspecified atom stereocenters. The van der Waals surface area contributed by atoms with Gasteiger partial charge in [-0.25, -0.2) is 0 Å². The van der Waals surface area contributed by atoms with Crippen molar-refractivity contribution in [1.82, 2.24) is 0 Å². The SMILES string of the molecule is CC12CC3CC(C1)CC(C(=O)C1CCOC1)(C3)C2. The minimum atomic E-state index is 0.0667. The zero-order chi connectivity index (χ0) is 12.4. The summed E-state index contributed by atoms with van der Waals surface area (Å²) in [5.41, 5.74) is 0.552. The summed E-state index contributed by atoms with van der Waals surface area (Å²) in [6.07, 6.45) is 8.75. The Morgan fingerprint density at radius 3 is 2.44 bits per heavy atom. The molecule has 0 amide bonds. The number of hydrogen-bond acceptors (Lipinski definition) is 2. The molecule has 4 bridgehead atoms. The Bertz CT molecular complexity index is 367. The fraction of sp³-hybridized carbons (Fsp3) is 0.938. The van der Waals surface area contributed by atoms with Gasteiger partial charge in [-0.1, -0.05) is 6.92 Å². The molecule has 2 nitrogen and oxygen atoms in total. The molecule has 0 aromatic carbocycles. The van der Waals surface area contributed by atoms with E-state index in [1.165, 1.54) is 38.5 Å². The third kappa shape index (κ3) is 1.54. The van der Waals surface area contributed by atoms with Gasteiger partial charge < -0.3 is 4.74 Å². The van der Waals surface area contributed by atoms with E-state index >= 15 is 0 Å².